The van der Waals surface area contributed by atoms with Crippen LogP contribution >= 0.6 is 0 Å². The van der Waals surface area contributed by atoms with Crippen LogP contribution in [-0.4, -0.2) is 55.2 Å². The number of hydrogen-bond donors (Lipinski definition) is 4. The fourth-order valence-electron chi connectivity index (χ4n) is 6.06. The van der Waals surface area contributed by atoms with Crippen LogP contribution in [0.15, 0.2) is 59.5 Å². The van der Waals surface area contributed by atoms with Gasteiger partial charge in [-0.25, -0.2) is 14.6 Å². The number of carbonyl (C=O) groups is 3. The minimum atomic E-state index is -1.22. The van der Waals surface area contributed by atoms with Crippen molar-refractivity contribution in [1.29, 1.82) is 0 Å². The van der Waals surface area contributed by atoms with Gasteiger partial charge in [0.05, 0.1) is 22.9 Å². The number of hydrogen-bond acceptors (Lipinski definition) is 6. The second kappa shape index (κ2) is 11.7. The van der Waals surface area contributed by atoms with Gasteiger partial charge in [0.1, 0.15) is 23.9 Å². The van der Waals surface area contributed by atoms with E-state index in [2.05, 4.69) is 14.9 Å². The predicted octanol–water partition coefficient (Wildman–Crippen LogP) is 5.48. The number of carbonyl (C=O) groups excluding carboxylic acids is 1. The molecule has 0 saturated heterocycles. The van der Waals surface area contributed by atoms with Crippen molar-refractivity contribution < 1.29 is 33.8 Å². The first-order chi connectivity index (χ1) is 20.8. The van der Waals surface area contributed by atoms with E-state index < -0.39 is 30.5 Å². The topological polar surface area (TPSA) is 160 Å². The number of carboxylic acids is 2. The summed E-state index contributed by atoms with van der Waals surface area (Å²) in [6, 6.07) is 9.62. The maximum Gasteiger partial charge on any atom is 0.341 e. The molecule has 1 amide bonds. The quantitative estimate of drug-likeness (QED) is 0.168. The molecule has 0 spiro atoms. The van der Waals surface area contributed by atoms with Crippen LogP contribution in [0.3, 0.4) is 0 Å². The van der Waals surface area contributed by atoms with Gasteiger partial charge in [-0.05, 0) is 67.3 Å². The van der Waals surface area contributed by atoms with E-state index in [0.717, 1.165) is 48.1 Å². The number of rotatable bonds is 10. The van der Waals surface area contributed by atoms with Gasteiger partial charge in [0.25, 0.3) is 5.91 Å². The van der Waals surface area contributed by atoms with Crippen LogP contribution in [0.4, 0.5) is 0 Å². The summed E-state index contributed by atoms with van der Waals surface area (Å²) in [5.41, 5.74) is 4.91. The SMILES string of the molecule is Cc1c(C(=O)NC(Cc2c[nH]c3ccc(OCC(=O)O)cc23)C(=O)O)ccc2c1nc(-c1ccoc1)n2C1CCCCC1. The summed E-state index contributed by atoms with van der Waals surface area (Å²) >= 11 is 0. The summed E-state index contributed by atoms with van der Waals surface area (Å²) in [6.45, 7) is 1.34. The second-order valence-electron chi connectivity index (χ2n) is 11.0. The molecule has 5 aromatic rings. The van der Waals surface area contributed by atoms with Gasteiger partial charge in [-0.2, -0.15) is 0 Å². The average molecular weight is 585 g/mol. The molecule has 3 aromatic heterocycles. The zero-order valence-corrected chi connectivity index (χ0v) is 23.6. The number of benzene rings is 2. The molecule has 11 heteroatoms. The normalized spacial score (nSPS) is 14.6. The monoisotopic (exact) mass is 584 g/mol. The Bertz CT molecular complexity index is 1810. The fourth-order valence-corrected chi connectivity index (χ4v) is 6.06. The number of H-pyrrole nitrogens is 1. The number of aromatic amines is 1. The molecule has 4 N–H and O–H groups in total. The molecule has 3 heterocycles. The van der Waals surface area contributed by atoms with Crippen LogP contribution in [0.1, 0.15) is 59.6 Å². The number of nitrogens with one attached hydrogen (secondary N) is 2. The molecule has 1 aliphatic rings. The lowest BCUT2D eigenvalue weighted by Gasteiger charge is -2.25. The Morgan fingerprint density at radius 3 is 2.67 bits per heavy atom. The van der Waals surface area contributed by atoms with Crippen molar-refractivity contribution >= 4 is 39.8 Å². The summed E-state index contributed by atoms with van der Waals surface area (Å²) in [5, 5.41) is 22.3. The molecule has 11 nitrogen and oxygen atoms in total. The maximum absolute atomic E-state index is 13.5. The van der Waals surface area contributed by atoms with Crippen molar-refractivity contribution in [3.05, 3.63) is 71.8 Å². The van der Waals surface area contributed by atoms with Crippen molar-refractivity contribution in [2.45, 2.75) is 57.5 Å². The lowest BCUT2D eigenvalue weighted by atomic mass is 9.94. The zero-order chi connectivity index (χ0) is 30.1. The predicted molar refractivity (Wildman–Crippen MR) is 158 cm³/mol. The van der Waals surface area contributed by atoms with Crippen LogP contribution in [0.5, 0.6) is 5.75 Å². The Hall–Kier alpha value is -5.06. The first-order valence-electron chi connectivity index (χ1n) is 14.3. The van der Waals surface area contributed by atoms with E-state index in [1.54, 1.807) is 43.0 Å². The van der Waals surface area contributed by atoms with Gasteiger partial charge < -0.3 is 34.2 Å². The number of imidazole rings is 1. The van der Waals surface area contributed by atoms with Crippen LogP contribution in [0.2, 0.25) is 0 Å². The first-order valence-corrected chi connectivity index (χ1v) is 14.3. The van der Waals surface area contributed by atoms with Crippen LogP contribution in [0, 0.1) is 6.92 Å². The van der Waals surface area contributed by atoms with Gasteiger partial charge in [0.15, 0.2) is 6.61 Å². The fraction of sp³-hybridized carbons (Fsp3) is 0.312. The van der Waals surface area contributed by atoms with Crippen molar-refractivity contribution in [3.63, 3.8) is 0 Å². The highest BCUT2D eigenvalue weighted by Crippen LogP contribution is 2.37. The molecule has 222 valence electrons. The minimum Gasteiger partial charge on any atom is -0.482 e. The Kier molecular flexibility index (Phi) is 7.62. The molecule has 6 rings (SSSR count). The number of ether oxygens (including phenoxy) is 1. The Labute approximate surface area is 246 Å². The van der Waals surface area contributed by atoms with E-state index in [9.17, 15) is 19.5 Å². The molecule has 1 saturated carbocycles. The van der Waals surface area contributed by atoms with E-state index in [1.165, 1.54) is 6.42 Å². The molecular formula is C32H32N4O7. The lowest BCUT2D eigenvalue weighted by molar-refractivity contribution is -0.140. The maximum atomic E-state index is 13.5. The second-order valence-corrected chi connectivity index (χ2v) is 11.0. The van der Waals surface area contributed by atoms with Crippen LogP contribution < -0.4 is 10.1 Å². The molecule has 2 aromatic carbocycles. The highest BCUT2D eigenvalue weighted by molar-refractivity contribution is 6.02. The molecule has 1 fully saturated rings. The molecular weight excluding hydrogens is 552 g/mol. The minimum absolute atomic E-state index is 0.00565. The highest BCUT2D eigenvalue weighted by Gasteiger charge is 2.27. The molecule has 0 radical (unpaired) electrons. The number of carboxylic acid groups (broad SMARTS) is 2. The van der Waals surface area contributed by atoms with Crippen LogP contribution in [-0.2, 0) is 16.0 Å². The molecule has 1 atom stereocenters. The standard InChI is InChI=1S/C32H32N4O7/c1-18-23(8-10-27-29(18)35-30(19-11-12-42-16-19)36(27)21-5-3-2-4-6-21)31(39)34-26(32(40)41)13-20-15-33-25-9-7-22(14-24(20)25)43-17-28(37)38/h7-12,14-16,21,26,33H,2-6,13,17H2,1H3,(H,34,39)(H,37,38)(H,40,41). The van der Waals surface area contributed by atoms with E-state index in [0.29, 0.717) is 39.4 Å². The van der Waals surface area contributed by atoms with E-state index >= 15 is 0 Å². The number of aliphatic carboxylic acids is 2. The van der Waals surface area contributed by atoms with Crippen molar-refractivity contribution in [1.82, 2.24) is 19.9 Å². The first kappa shape index (κ1) is 28.1. The third kappa shape index (κ3) is 5.57. The van der Waals surface area contributed by atoms with Gasteiger partial charge >= 0.3 is 11.9 Å². The Balaban J connectivity index is 1.29. The highest BCUT2D eigenvalue weighted by atomic mass is 16.5. The van der Waals surface area contributed by atoms with E-state index in [-0.39, 0.29) is 6.42 Å². The summed E-state index contributed by atoms with van der Waals surface area (Å²) in [6.07, 6.45) is 10.6. The Morgan fingerprint density at radius 1 is 1.14 bits per heavy atom. The smallest absolute Gasteiger partial charge is 0.341 e. The lowest BCUT2D eigenvalue weighted by Crippen LogP contribution is -2.42. The summed E-state index contributed by atoms with van der Waals surface area (Å²) in [7, 11) is 0. The van der Waals surface area contributed by atoms with Gasteiger partial charge in [0, 0.05) is 35.1 Å². The molecule has 1 aliphatic carbocycles. The third-order valence-electron chi connectivity index (χ3n) is 8.21. The number of fused-ring (bicyclic) bond motifs is 2. The number of nitrogens with zero attached hydrogens (tertiary/aromatic N) is 2. The molecule has 1 unspecified atom stereocenters. The summed E-state index contributed by atoms with van der Waals surface area (Å²) in [5.74, 6) is -1.64. The number of aryl methyl sites for hydroxylation is 1. The van der Waals surface area contributed by atoms with E-state index in [1.807, 2.05) is 19.1 Å². The van der Waals surface area contributed by atoms with E-state index in [4.69, 9.17) is 19.2 Å². The number of aromatic nitrogens is 3. The van der Waals surface area contributed by atoms with Crippen LogP contribution in [0.25, 0.3) is 33.3 Å². The number of amides is 1. The Morgan fingerprint density at radius 2 is 1.95 bits per heavy atom. The molecule has 43 heavy (non-hydrogen) atoms. The zero-order valence-electron chi connectivity index (χ0n) is 23.6. The van der Waals surface area contributed by atoms with Gasteiger partial charge in [-0.1, -0.05) is 19.3 Å². The summed E-state index contributed by atoms with van der Waals surface area (Å²) in [4.78, 5) is 44.8. The van der Waals surface area contributed by atoms with Crippen molar-refractivity contribution in [2.75, 3.05) is 6.61 Å². The molecule has 0 aliphatic heterocycles. The third-order valence-corrected chi connectivity index (χ3v) is 8.21. The van der Waals surface area contributed by atoms with Gasteiger partial charge in [-0.15, -0.1) is 0 Å². The molecule has 0 bridgehead atoms. The summed E-state index contributed by atoms with van der Waals surface area (Å²) < 4.78 is 12.9. The van der Waals surface area contributed by atoms with Crippen molar-refractivity contribution in [3.8, 4) is 17.1 Å². The van der Waals surface area contributed by atoms with Gasteiger partial charge in [-0.3, -0.25) is 4.79 Å². The largest absolute Gasteiger partial charge is 0.482 e. The average Bonchev–Trinajstić information content (AvgIpc) is 3.75. The van der Waals surface area contributed by atoms with Crippen molar-refractivity contribution in [2.24, 2.45) is 0 Å². The van der Waals surface area contributed by atoms with Gasteiger partial charge in [0.2, 0.25) is 0 Å². The number of furan rings is 1.